The first-order valence-corrected chi connectivity index (χ1v) is 6.20. The van der Waals surface area contributed by atoms with Crippen molar-refractivity contribution in [2.75, 3.05) is 5.32 Å². The first kappa shape index (κ1) is 13.5. The van der Waals surface area contributed by atoms with Crippen LogP contribution in [0, 0.1) is 6.92 Å². The topological polar surface area (TPSA) is 68.0 Å². The SMILES string of the molecule is Cc1ccnc(Cl)c1NC(=O)[C@H](N)c1ccccc1. The van der Waals surface area contributed by atoms with Gasteiger partial charge in [-0.05, 0) is 24.1 Å². The van der Waals surface area contributed by atoms with E-state index in [2.05, 4.69) is 10.3 Å². The number of pyridine rings is 1. The molecule has 3 N–H and O–H groups in total. The molecular formula is C14H14ClN3O. The third-order valence-electron chi connectivity index (χ3n) is 2.80. The first-order valence-electron chi connectivity index (χ1n) is 5.82. The Bertz CT molecular complexity index is 566. The normalized spacial score (nSPS) is 11.9. The molecule has 0 aliphatic heterocycles. The van der Waals surface area contributed by atoms with Crippen molar-refractivity contribution in [3.8, 4) is 0 Å². The number of aryl methyl sites for hydroxylation is 1. The summed E-state index contributed by atoms with van der Waals surface area (Å²) in [5, 5.41) is 2.98. The molecule has 0 aliphatic carbocycles. The highest BCUT2D eigenvalue weighted by atomic mass is 35.5. The van der Waals surface area contributed by atoms with Gasteiger partial charge in [0.25, 0.3) is 0 Å². The van der Waals surface area contributed by atoms with E-state index >= 15 is 0 Å². The molecular weight excluding hydrogens is 262 g/mol. The van der Waals surface area contributed by atoms with E-state index < -0.39 is 6.04 Å². The number of carbonyl (C=O) groups is 1. The van der Waals surface area contributed by atoms with Crippen molar-refractivity contribution < 1.29 is 4.79 Å². The van der Waals surface area contributed by atoms with Crippen LogP contribution in [0.2, 0.25) is 5.15 Å². The number of benzene rings is 1. The second kappa shape index (κ2) is 5.82. The number of hydrogen-bond acceptors (Lipinski definition) is 3. The highest BCUT2D eigenvalue weighted by molar-refractivity contribution is 6.32. The summed E-state index contributed by atoms with van der Waals surface area (Å²) in [6.07, 6.45) is 1.59. The predicted molar refractivity (Wildman–Crippen MR) is 76.0 cm³/mol. The van der Waals surface area contributed by atoms with Gasteiger partial charge in [-0.3, -0.25) is 4.79 Å². The molecule has 0 bridgehead atoms. The summed E-state index contributed by atoms with van der Waals surface area (Å²) < 4.78 is 0. The third kappa shape index (κ3) is 3.10. The van der Waals surface area contributed by atoms with E-state index in [0.717, 1.165) is 11.1 Å². The molecule has 0 radical (unpaired) electrons. The number of nitrogens with zero attached hydrogens (tertiary/aromatic N) is 1. The van der Waals surface area contributed by atoms with E-state index in [1.165, 1.54) is 0 Å². The van der Waals surface area contributed by atoms with Crippen LogP contribution in [0.4, 0.5) is 5.69 Å². The zero-order chi connectivity index (χ0) is 13.8. The monoisotopic (exact) mass is 275 g/mol. The second-order valence-electron chi connectivity index (χ2n) is 4.17. The van der Waals surface area contributed by atoms with Crippen molar-refractivity contribution in [1.29, 1.82) is 0 Å². The fourth-order valence-electron chi connectivity index (χ4n) is 1.69. The lowest BCUT2D eigenvalue weighted by Crippen LogP contribution is -2.28. The van der Waals surface area contributed by atoms with Crippen molar-refractivity contribution in [1.82, 2.24) is 4.98 Å². The van der Waals surface area contributed by atoms with Crippen LogP contribution in [-0.4, -0.2) is 10.9 Å². The minimum Gasteiger partial charge on any atom is -0.322 e. The van der Waals surface area contributed by atoms with E-state index in [4.69, 9.17) is 17.3 Å². The van der Waals surface area contributed by atoms with Crippen LogP contribution >= 0.6 is 11.6 Å². The van der Waals surface area contributed by atoms with Crippen LogP contribution in [0.25, 0.3) is 0 Å². The molecule has 0 aliphatic rings. The zero-order valence-corrected chi connectivity index (χ0v) is 11.2. The number of hydrogen-bond donors (Lipinski definition) is 2. The van der Waals surface area contributed by atoms with Crippen molar-refractivity contribution in [3.63, 3.8) is 0 Å². The number of halogens is 1. The van der Waals surface area contributed by atoms with E-state index in [1.54, 1.807) is 12.3 Å². The van der Waals surface area contributed by atoms with E-state index in [-0.39, 0.29) is 11.1 Å². The van der Waals surface area contributed by atoms with E-state index in [1.807, 2.05) is 37.3 Å². The van der Waals surface area contributed by atoms with Crippen molar-refractivity contribution in [2.24, 2.45) is 5.73 Å². The summed E-state index contributed by atoms with van der Waals surface area (Å²) in [5.74, 6) is -0.316. The van der Waals surface area contributed by atoms with Crippen LogP contribution in [0.1, 0.15) is 17.2 Å². The lowest BCUT2D eigenvalue weighted by atomic mass is 10.1. The number of carbonyl (C=O) groups excluding carboxylic acids is 1. The van der Waals surface area contributed by atoms with Crippen molar-refractivity contribution in [2.45, 2.75) is 13.0 Å². The highest BCUT2D eigenvalue weighted by Gasteiger charge is 2.17. The Morgan fingerprint density at radius 3 is 2.63 bits per heavy atom. The molecule has 19 heavy (non-hydrogen) atoms. The Labute approximate surface area is 116 Å². The average Bonchev–Trinajstić information content (AvgIpc) is 2.43. The van der Waals surface area contributed by atoms with Gasteiger partial charge >= 0.3 is 0 Å². The molecule has 1 aromatic heterocycles. The number of aromatic nitrogens is 1. The fourth-order valence-corrected chi connectivity index (χ4v) is 1.94. The van der Waals surface area contributed by atoms with Gasteiger partial charge in [-0.15, -0.1) is 0 Å². The van der Waals surface area contributed by atoms with Crippen LogP contribution in [-0.2, 0) is 4.79 Å². The number of nitrogens with one attached hydrogen (secondary N) is 1. The Hall–Kier alpha value is -1.91. The molecule has 0 saturated heterocycles. The van der Waals surface area contributed by atoms with E-state index in [9.17, 15) is 4.79 Å². The first-order chi connectivity index (χ1) is 9.09. The zero-order valence-electron chi connectivity index (χ0n) is 10.4. The molecule has 98 valence electrons. The molecule has 1 aromatic carbocycles. The molecule has 1 heterocycles. The van der Waals surface area contributed by atoms with Crippen LogP contribution in [0.15, 0.2) is 42.6 Å². The quantitative estimate of drug-likeness (QED) is 0.846. The Balaban J connectivity index is 2.18. The summed E-state index contributed by atoms with van der Waals surface area (Å²) in [7, 11) is 0. The molecule has 2 aromatic rings. The number of nitrogens with two attached hydrogens (primary N) is 1. The average molecular weight is 276 g/mol. The minimum absolute atomic E-state index is 0.258. The Morgan fingerprint density at radius 1 is 1.32 bits per heavy atom. The number of anilines is 1. The van der Waals surface area contributed by atoms with Gasteiger partial charge in [-0.1, -0.05) is 41.9 Å². The maximum Gasteiger partial charge on any atom is 0.245 e. The fraction of sp³-hybridized carbons (Fsp3) is 0.143. The van der Waals surface area contributed by atoms with Crippen LogP contribution in [0.3, 0.4) is 0 Å². The molecule has 5 heteroatoms. The molecule has 1 amide bonds. The lowest BCUT2D eigenvalue weighted by Gasteiger charge is -2.14. The maximum absolute atomic E-state index is 12.1. The van der Waals surface area contributed by atoms with Gasteiger partial charge in [0.2, 0.25) is 5.91 Å². The summed E-state index contributed by atoms with van der Waals surface area (Å²) in [4.78, 5) is 16.0. The molecule has 1 atom stereocenters. The maximum atomic E-state index is 12.1. The van der Waals surface area contributed by atoms with Gasteiger partial charge in [0.15, 0.2) is 5.15 Å². The largest absolute Gasteiger partial charge is 0.322 e. The second-order valence-corrected chi connectivity index (χ2v) is 4.53. The summed E-state index contributed by atoms with van der Waals surface area (Å²) >= 11 is 5.96. The summed E-state index contributed by atoms with van der Waals surface area (Å²) in [5.41, 5.74) is 8.00. The highest BCUT2D eigenvalue weighted by Crippen LogP contribution is 2.24. The standard InChI is InChI=1S/C14H14ClN3O/c1-9-7-8-17-13(15)12(9)18-14(19)11(16)10-5-3-2-4-6-10/h2-8,11H,16H2,1H3,(H,18,19)/t11-/m1/s1. The molecule has 2 rings (SSSR count). The smallest absolute Gasteiger partial charge is 0.245 e. The lowest BCUT2D eigenvalue weighted by molar-refractivity contribution is -0.117. The Morgan fingerprint density at radius 2 is 2.00 bits per heavy atom. The summed E-state index contributed by atoms with van der Waals surface area (Å²) in [6, 6.07) is 10.2. The molecule has 0 fully saturated rings. The molecule has 0 spiro atoms. The van der Waals surface area contributed by atoms with Gasteiger partial charge in [-0.25, -0.2) is 4.98 Å². The van der Waals surface area contributed by atoms with Gasteiger partial charge < -0.3 is 11.1 Å². The number of rotatable bonds is 3. The molecule has 0 saturated carbocycles. The van der Waals surface area contributed by atoms with Gasteiger partial charge in [0.1, 0.15) is 6.04 Å². The van der Waals surface area contributed by atoms with E-state index in [0.29, 0.717) is 5.69 Å². The third-order valence-corrected chi connectivity index (χ3v) is 3.09. The predicted octanol–water partition coefficient (Wildman–Crippen LogP) is 2.68. The van der Waals surface area contributed by atoms with Gasteiger partial charge in [-0.2, -0.15) is 0 Å². The van der Waals surface area contributed by atoms with Crippen LogP contribution < -0.4 is 11.1 Å². The molecule has 4 nitrogen and oxygen atoms in total. The van der Waals surface area contributed by atoms with Gasteiger partial charge in [0.05, 0.1) is 5.69 Å². The minimum atomic E-state index is -0.739. The van der Waals surface area contributed by atoms with Crippen molar-refractivity contribution in [3.05, 3.63) is 58.9 Å². The molecule has 0 unspecified atom stereocenters. The Kier molecular flexibility index (Phi) is 4.14. The summed E-state index contributed by atoms with van der Waals surface area (Å²) in [6.45, 7) is 1.84. The number of amides is 1. The van der Waals surface area contributed by atoms with Gasteiger partial charge in [0, 0.05) is 6.20 Å². The van der Waals surface area contributed by atoms with Crippen molar-refractivity contribution >= 4 is 23.2 Å². The van der Waals surface area contributed by atoms with Crippen LogP contribution in [0.5, 0.6) is 0 Å².